The van der Waals surface area contributed by atoms with E-state index in [1.54, 1.807) is 12.1 Å². The molecule has 0 saturated carbocycles. The number of aryl methyl sites for hydroxylation is 3. The van der Waals surface area contributed by atoms with Crippen molar-refractivity contribution >= 4 is 17.4 Å². The molecule has 0 spiro atoms. The van der Waals surface area contributed by atoms with E-state index in [4.69, 9.17) is 10.2 Å². The SMILES string of the molecule is COC(=O)C(=N)c1cccc(C)c1CO/N=C(\C)c1cc(C)ccc1C. The van der Waals surface area contributed by atoms with Gasteiger partial charge < -0.3 is 9.57 Å². The minimum atomic E-state index is -0.674. The maximum atomic E-state index is 11.7. The van der Waals surface area contributed by atoms with Crippen LogP contribution in [0.1, 0.15) is 40.3 Å². The van der Waals surface area contributed by atoms with E-state index in [0.717, 1.165) is 33.5 Å². The third-order valence-corrected chi connectivity index (χ3v) is 4.26. The maximum absolute atomic E-state index is 11.7. The molecule has 0 heterocycles. The number of rotatable bonds is 6. The molecule has 26 heavy (non-hydrogen) atoms. The van der Waals surface area contributed by atoms with Crippen LogP contribution < -0.4 is 0 Å². The summed E-state index contributed by atoms with van der Waals surface area (Å²) in [4.78, 5) is 17.3. The van der Waals surface area contributed by atoms with Gasteiger partial charge in [-0.15, -0.1) is 0 Å². The number of nitrogens with one attached hydrogen (secondary N) is 1. The minimum absolute atomic E-state index is 0.170. The summed E-state index contributed by atoms with van der Waals surface area (Å²) < 4.78 is 4.65. The van der Waals surface area contributed by atoms with Gasteiger partial charge in [0.2, 0.25) is 0 Å². The summed E-state index contributed by atoms with van der Waals surface area (Å²) in [7, 11) is 1.26. The molecule has 5 nitrogen and oxygen atoms in total. The molecule has 0 aliphatic carbocycles. The van der Waals surface area contributed by atoms with Gasteiger partial charge in [0, 0.05) is 16.7 Å². The van der Waals surface area contributed by atoms with Crippen molar-refractivity contribution in [2.45, 2.75) is 34.3 Å². The standard InChI is InChI=1S/C21H24N2O3/c1-13-9-10-15(3)18(11-13)16(4)23-26-12-19-14(2)7-6-8-17(19)20(22)21(24)25-5/h6-11,22H,12H2,1-5H3/b22-20?,23-16+. The summed E-state index contributed by atoms with van der Waals surface area (Å²) in [5.41, 5.74) is 6.09. The van der Waals surface area contributed by atoms with E-state index in [2.05, 4.69) is 28.1 Å². The van der Waals surface area contributed by atoms with Gasteiger partial charge in [-0.1, -0.05) is 41.1 Å². The first kappa shape index (κ1) is 19.4. The van der Waals surface area contributed by atoms with Crippen molar-refractivity contribution in [1.82, 2.24) is 0 Å². The largest absolute Gasteiger partial charge is 0.464 e. The van der Waals surface area contributed by atoms with Crippen LogP contribution in [0.25, 0.3) is 0 Å². The van der Waals surface area contributed by atoms with Gasteiger partial charge in [-0.2, -0.15) is 0 Å². The molecular weight excluding hydrogens is 328 g/mol. The van der Waals surface area contributed by atoms with Gasteiger partial charge in [0.25, 0.3) is 0 Å². The molecule has 0 unspecified atom stereocenters. The minimum Gasteiger partial charge on any atom is -0.464 e. The van der Waals surface area contributed by atoms with E-state index < -0.39 is 5.97 Å². The van der Waals surface area contributed by atoms with Crippen LogP contribution in [0.4, 0.5) is 0 Å². The number of methoxy groups -OCH3 is 1. The van der Waals surface area contributed by atoms with Crippen molar-refractivity contribution in [3.63, 3.8) is 0 Å². The van der Waals surface area contributed by atoms with Gasteiger partial charge in [0.15, 0.2) is 0 Å². The Kier molecular flexibility index (Phi) is 6.28. The van der Waals surface area contributed by atoms with Gasteiger partial charge >= 0.3 is 5.97 Å². The highest BCUT2D eigenvalue weighted by molar-refractivity contribution is 6.42. The highest BCUT2D eigenvalue weighted by Crippen LogP contribution is 2.18. The number of ether oxygens (including phenoxy) is 1. The zero-order valence-electron chi connectivity index (χ0n) is 15.8. The molecule has 0 aliphatic heterocycles. The van der Waals surface area contributed by atoms with Crippen LogP contribution in [0.3, 0.4) is 0 Å². The number of nitrogens with zero attached hydrogens (tertiary/aromatic N) is 1. The normalized spacial score (nSPS) is 11.2. The molecule has 0 atom stereocenters. The molecule has 2 aromatic carbocycles. The van der Waals surface area contributed by atoms with Crippen molar-refractivity contribution in [2.75, 3.05) is 7.11 Å². The first-order valence-electron chi connectivity index (χ1n) is 8.35. The Labute approximate surface area is 154 Å². The zero-order chi connectivity index (χ0) is 19.3. The van der Waals surface area contributed by atoms with Gasteiger partial charge in [-0.25, -0.2) is 4.79 Å². The lowest BCUT2D eigenvalue weighted by molar-refractivity contribution is -0.132. The Morgan fingerprint density at radius 1 is 1.08 bits per heavy atom. The molecule has 0 bridgehead atoms. The molecule has 0 saturated heterocycles. The van der Waals surface area contributed by atoms with E-state index in [1.165, 1.54) is 7.11 Å². The van der Waals surface area contributed by atoms with Crippen LogP contribution in [0, 0.1) is 26.2 Å². The third kappa shape index (κ3) is 4.36. The van der Waals surface area contributed by atoms with Gasteiger partial charge in [0.1, 0.15) is 12.3 Å². The number of carbonyl (C=O) groups excluding carboxylic acids is 1. The average Bonchev–Trinajstić information content (AvgIpc) is 2.63. The van der Waals surface area contributed by atoms with Crippen molar-refractivity contribution in [3.8, 4) is 0 Å². The summed E-state index contributed by atoms with van der Waals surface area (Å²) >= 11 is 0. The first-order chi connectivity index (χ1) is 12.3. The van der Waals surface area contributed by atoms with Crippen LogP contribution in [0.2, 0.25) is 0 Å². The van der Waals surface area contributed by atoms with E-state index in [0.29, 0.717) is 5.56 Å². The number of hydrogen-bond donors (Lipinski definition) is 1. The number of oxime groups is 1. The van der Waals surface area contributed by atoms with Crippen LogP contribution in [-0.4, -0.2) is 24.5 Å². The number of benzene rings is 2. The highest BCUT2D eigenvalue weighted by Gasteiger charge is 2.17. The molecule has 0 amide bonds. The van der Waals surface area contributed by atoms with Gasteiger partial charge in [0.05, 0.1) is 12.8 Å². The molecule has 5 heteroatoms. The van der Waals surface area contributed by atoms with E-state index in [9.17, 15) is 4.79 Å². The lowest BCUT2D eigenvalue weighted by Gasteiger charge is -2.12. The predicted molar refractivity (Wildman–Crippen MR) is 103 cm³/mol. The molecule has 2 aromatic rings. The van der Waals surface area contributed by atoms with Crippen LogP contribution in [-0.2, 0) is 21.0 Å². The topological polar surface area (TPSA) is 71.7 Å². The van der Waals surface area contributed by atoms with Crippen LogP contribution in [0.15, 0.2) is 41.6 Å². The molecule has 0 fully saturated rings. The Bertz CT molecular complexity index is 870. The summed E-state index contributed by atoms with van der Waals surface area (Å²) in [6.45, 7) is 8.05. The fourth-order valence-electron chi connectivity index (χ4n) is 2.71. The monoisotopic (exact) mass is 352 g/mol. The maximum Gasteiger partial charge on any atom is 0.356 e. The van der Waals surface area contributed by atoms with Crippen molar-refractivity contribution in [3.05, 3.63) is 69.8 Å². The second-order valence-electron chi connectivity index (χ2n) is 6.24. The number of carbonyl (C=O) groups is 1. The molecule has 1 N–H and O–H groups in total. The summed E-state index contributed by atoms with van der Waals surface area (Å²) in [6, 6.07) is 11.6. The predicted octanol–water partition coefficient (Wildman–Crippen LogP) is 4.09. The Hall–Kier alpha value is -2.95. The lowest BCUT2D eigenvalue weighted by atomic mass is 9.99. The molecule has 136 valence electrons. The molecular formula is C21H24N2O3. The van der Waals surface area contributed by atoms with E-state index >= 15 is 0 Å². The van der Waals surface area contributed by atoms with E-state index in [-0.39, 0.29) is 12.3 Å². The van der Waals surface area contributed by atoms with E-state index in [1.807, 2.05) is 33.8 Å². The molecule has 0 aromatic heterocycles. The van der Waals surface area contributed by atoms with Crippen molar-refractivity contribution in [2.24, 2.45) is 5.16 Å². The fourth-order valence-corrected chi connectivity index (χ4v) is 2.71. The van der Waals surface area contributed by atoms with Gasteiger partial charge in [-0.05, 0) is 44.9 Å². The zero-order valence-corrected chi connectivity index (χ0v) is 15.8. The summed E-state index contributed by atoms with van der Waals surface area (Å²) in [5, 5.41) is 12.2. The fraction of sp³-hybridized carbons (Fsp3) is 0.286. The second-order valence-corrected chi connectivity index (χ2v) is 6.24. The summed E-state index contributed by atoms with van der Waals surface area (Å²) in [6.07, 6.45) is 0. The first-order valence-corrected chi connectivity index (χ1v) is 8.35. The smallest absolute Gasteiger partial charge is 0.356 e. The Morgan fingerprint density at radius 3 is 2.50 bits per heavy atom. The molecule has 2 rings (SSSR count). The van der Waals surface area contributed by atoms with Crippen LogP contribution in [0.5, 0.6) is 0 Å². The number of hydrogen-bond acceptors (Lipinski definition) is 5. The Morgan fingerprint density at radius 2 is 1.81 bits per heavy atom. The quantitative estimate of drug-likeness (QED) is 0.483. The van der Waals surface area contributed by atoms with Crippen molar-refractivity contribution < 1.29 is 14.4 Å². The van der Waals surface area contributed by atoms with Gasteiger partial charge in [-0.3, -0.25) is 5.41 Å². The summed E-state index contributed by atoms with van der Waals surface area (Å²) in [5.74, 6) is -0.674. The second kappa shape index (κ2) is 8.43. The number of esters is 1. The molecule has 0 radical (unpaired) electrons. The lowest BCUT2D eigenvalue weighted by Crippen LogP contribution is -2.18. The average molecular weight is 352 g/mol. The van der Waals surface area contributed by atoms with Crippen molar-refractivity contribution in [1.29, 1.82) is 5.41 Å². The van der Waals surface area contributed by atoms with Crippen LogP contribution >= 0.6 is 0 Å². The highest BCUT2D eigenvalue weighted by atomic mass is 16.6. The third-order valence-electron chi connectivity index (χ3n) is 4.26. The molecule has 0 aliphatic rings. The Balaban J connectivity index is 2.23.